The van der Waals surface area contributed by atoms with Crippen LogP contribution in [0, 0.1) is 5.92 Å². The van der Waals surface area contributed by atoms with Crippen LogP contribution in [0.2, 0.25) is 0 Å². The molecule has 0 bridgehead atoms. The van der Waals surface area contributed by atoms with Gasteiger partial charge in [0.2, 0.25) is 0 Å². The van der Waals surface area contributed by atoms with Gasteiger partial charge in [0.1, 0.15) is 12.5 Å². The van der Waals surface area contributed by atoms with E-state index < -0.39 is 0 Å². The molecule has 1 unspecified atom stereocenters. The normalized spacial score (nSPS) is 23.9. The SMILES string of the molecule is CC(C)CC1N(I)C=NN1C. The zero-order valence-corrected chi connectivity index (χ0v) is 9.32. The van der Waals surface area contributed by atoms with Gasteiger partial charge in [-0.1, -0.05) is 13.8 Å². The Hall–Kier alpha value is 0. The molecule has 0 spiro atoms. The number of hydrogen-bond donors (Lipinski definition) is 0. The molecule has 0 N–H and O–H groups in total. The maximum Gasteiger partial charge on any atom is 0.128 e. The second-order valence-electron chi connectivity index (χ2n) is 3.26. The van der Waals surface area contributed by atoms with Crippen molar-refractivity contribution in [3.63, 3.8) is 0 Å². The van der Waals surface area contributed by atoms with E-state index in [-0.39, 0.29) is 0 Å². The fraction of sp³-hybridized carbons (Fsp3) is 0.857. The molecular formula is C7H14IN3. The van der Waals surface area contributed by atoms with Crippen LogP contribution >= 0.6 is 22.9 Å². The summed E-state index contributed by atoms with van der Waals surface area (Å²) in [6.07, 6.45) is 3.49. The zero-order valence-electron chi connectivity index (χ0n) is 7.16. The monoisotopic (exact) mass is 267 g/mol. The lowest BCUT2D eigenvalue weighted by Crippen LogP contribution is -2.32. The van der Waals surface area contributed by atoms with Crippen molar-refractivity contribution in [2.75, 3.05) is 7.05 Å². The van der Waals surface area contributed by atoms with E-state index in [9.17, 15) is 0 Å². The van der Waals surface area contributed by atoms with Crippen molar-refractivity contribution < 1.29 is 0 Å². The Labute approximate surface area is 81.9 Å². The average molecular weight is 267 g/mol. The first-order valence-electron chi connectivity index (χ1n) is 3.82. The third-order valence-corrected chi connectivity index (χ3v) is 2.63. The minimum atomic E-state index is 0.454. The van der Waals surface area contributed by atoms with Gasteiger partial charge in [-0.2, -0.15) is 5.10 Å². The maximum absolute atomic E-state index is 4.18. The van der Waals surface area contributed by atoms with Gasteiger partial charge in [0, 0.05) is 7.05 Å². The van der Waals surface area contributed by atoms with Crippen LogP contribution in [0.5, 0.6) is 0 Å². The van der Waals surface area contributed by atoms with E-state index in [0.29, 0.717) is 6.17 Å². The van der Waals surface area contributed by atoms with Gasteiger partial charge in [0.15, 0.2) is 0 Å². The summed E-state index contributed by atoms with van der Waals surface area (Å²) in [7, 11) is 2.02. The molecule has 64 valence electrons. The van der Waals surface area contributed by atoms with Gasteiger partial charge in [-0.25, -0.2) is 0 Å². The molecule has 0 amide bonds. The molecule has 0 aromatic carbocycles. The van der Waals surface area contributed by atoms with Crippen LogP contribution in [-0.2, 0) is 0 Å². The first-order chi connectivity index (χ1) is 5.11. The van der Waals surface area contributed by atoms with Crippen LogP contribution in [0.3, 0.4) is 0 Å². The Morgan fingerprint density at radius 3 is 2.64 bits per heavy atom. The highest BCUT2D eigenvalue weighted by Gasteiger charge is 2.23. The molecule has 3 nitrogen and oxygen atoms in total. The van der Waals surface area contributed by atoms with Crippen LogP contribution in [0.4, 0.5) is 0 Å². The molecule has 1 aliphatic rings. The van der Waals surface area contributed by atoms with Crippen LogP contribution in [0.25, 0.3) is 0 Å². The largest absolute Gasteiger partial charge is 0.280 e. The summed E-state index contributed by atoms with van der Waals surface area (Å²) in [5.41, 5.74) is 0. The van der Waals surface area contributed by atoms with Gasteiger partial charge < -0.3 is 0 Å². The molecule has 0 aromatic heterocycles. The van der Waals surface area contributed by atoms with E-state index in [0.717, 1.165) is 5.92 Å². The quantitative estimate of drug-likeness (QED) is 0.562. The molecule has 11 heavy (non-hydrogen) atoms. The maximum atomic E-state index is 4.18. The van der Waals surface area contributed by atoms with Crippen molar-refractivity contribution >= 4 is 29.2 Å². The summed E-state index contributed by atoms with van der Waals surface area (Å²) < 4.78 is 2.12. The lowest BCUT2D eigenvalue weighted by atomic mass is 10.1. The van der Waals surface area contributed by atoms with Crippen LogP contribution in [0.15, 0.2) is 5.10 Å². The molecule has 1 heterocycles. The summed E-state index contributed by atoms with van der Waals surface area (Å²) in [4.78, 5) is 0. The lowest BCUT2D eigenvalue weighted by Gasteiger charge is -2.24. The van der Waals surface area contributed by atoms with E-state index in [1.165, 1.54) is 6.42 Å². The number of halogens is 1. The fourth-order valence-electron chi connectivity index (χ4n) is 1.12. The van der Waals surface area contributed by atoms with E-state index >= 15 is 0 Å². The number of hydrazone groups is 1. The highest BCUT2D eigenvalue weighted by Crippen LogP contribution is 2.20. The second kappa shape index (κ2) is 3.60. The zero-order chi connectivity index (χ0) is 8.43. The summed E-state index contributed by atoms with van der Waals surface area (Å²) in [5.74, 6) is 0.724. The number of nitrogens with zero attached hydrogens (tertiary/aromatic N) is 3. The minimum absolute atomic E-state index is 0.454. The second-order valence-corrected chi connectivity index (χ2v) is 4.37. The molecule has 0 saturated carbocycles. The molecule has 0 fully saturated rings. The van der Waals surface area contributed by atoms with Crippen molar-refractivity contribution in [1.82, 2.24) is 8.12 Å². The minimum Gasteiger partial charge on any atom is -0.280 e. The lowest BCUT2D eigenvalue weighted by molar-refractivity contribution is 0.198. The number of rotatable bonds is 2. The Balaban J connectivity index is 2.45. The molecule has 0 radical (unpaired) electrons. The molecule has 1 rings (SSSR count). The summed E-state index contributed by atoms with van der Waals surface area (Å²) in [6.45, 7) is 4.47. The van der Waals surface area contributed by atoms with Gasteiger partial charge in [0.05, 0.1) is 22.9 Å². The highest BCUT2D eigenvalue weighted by atomic mass is 127. The van der Waals surface area contributed by atoms with Crippen LogP contribution in [0.1, 0.15) is 20.3 Å². The molecule has 1 atom stereocenters. The smallest absolute Gasteiger partial charge is 0.128 e. The topological polar surface area (TPSA) is 18.8 Å². The van der Waals surface area contributed by atoms with Gasteiger partial charge in [-0.3, -0.25) is 8.12 Å². The van der Waals surface area contributed by atoms with E-state index in [1.807, 2.05) is 18.4 Å². The van der Waals surface area contributed by atoms with Gasteiger partial charge in [-0.05, 0) is 12.3 Å². The van der Waals surface area contributed by atoms with Crippen molar-refractivity contribution in [2.24, 2.45) is 11.0 Å². The molecule has 4 heteroatoms. The van der Waals surface area contributed by atoms with Crippen molar-refractivity contribution in [2.45, 2.75) is 26.4 Å². The standard InChI is InChI=1S/C7H14IN3/c1-6(2)4-7-10(3)9-5-11(7)8/h5-7H,4H2,1-3H3. The predicted molar refractivity (Wildman–Crippen MR) is 55.4 cm³/mol. The van der Waals surface area contributed by atoms with Crippen LogP contribution in [-0.4, -0.2) is 27.7 Å². The molecular weight excluding hydrogens is 253 g/mol. The van der Waals surface area contributed by atoms with E-state index in [4.69, 9.17) is 0 Å². The van der Waals surface area contributed by atoms with Crippen molar-refractivity contribution in [1.29, 1.82) is 0 Å². The van der Waals surface area contributed by atoms with E-state index in [2.05, 4.69) is 44.9 Å². The Kier molecular flexibility index (Phi) is 2.98. The third-order valence-electron chi connectivity index (χ3n) is 1.74. The van der Waals surface area contributed by atoms with Crippen molar-refractivity contribution in [3.8, 4) is 0 Å². The first kappa shape index (κ1) is 9.09. The summed E-state index contributed by atoms with van der Waals surface area (Å²) in [6, 6.07) is 0. The van der Waals surface area contributed by atoms with Gasteiger partial charge in [-0.15, -0.1) is 0 Å². The third kappa shape index (κ3) is 2.21. The Morgan fingerprint density at radius 2 is 2.27 bits per heavy atom. The highest BCUT2D eigenvalue weighted by molar-refractivity contribution is 14.1. The fourth-order valence-corrected chi connectivity index (χ4v) is 1.82. The predicted octanol–water partition coefficient (Wildman–Crippen LogP) is 1.90. The molecule has 0 aliphatic carbocycles. The molecule has 0 saturated heterocycles. The molecule has 1 aliphatic heterocycles. The van der Waals surface area contributed by atoms with Crippen LogP contribution < -0.4 is 0 Å². The summed E-state index contributed by atoms with van der Waals surface area (Å²) in [5, 5.41) is 6.18. The average Bonchev–Trinajstić information content (AvgIpc) is 2.18. The van der Waals surface area contributed by atoms with Gasteiger partial charge in [0.25, 0.3) is 0 Å². The van der Waals surface area contributed by atoms with Gasteiger partial charge >= 0.3 is 0 Å². The first-order valence-corrected chi connectivity index (χ1v) is 4.79. The van der Waals surface area contributed by atoms with Crippen molar-refractivity contribution in [3.05, 3.63) is 0 Å². The number of hydrogen-bond acceptors (Lipinski definition) is 3. The Morgan fingerprint density at radius 1 is 1.64 bits per heavy atom. The Bertz CT molecular complexity index is 146. The molecule has 0 aromatic rings. The summed E-state index contributed by atoms with van der Waals surface area (Å²) >= 11 is 2.28. The van der Waals surface area contributed by atoms with E-state index in [1.54, 1.807) is 0 Å².